The highest BCUT2D eigenvalue weighted by atomic mass is 16.2. The number of aromatic nitrogens is 1. The maximum atomic E-state index is 12.2. The predicted octanol–water partition coefficient (Wildman–Crippen LogP) is 3.32. The molecule has 1 aromatic heterocycles. The van der Waals surface area contributed by atoms with Crippen LogP contribution in [0, 0.1) is 0 Å². The molecule has 2 fully saturated rings. The summed E-state index contributed by atoms with van der Waals surface area (Å²) in [5.74, 6) is 0.490. The van der Waals surface area contributed by atoms with E-state index in [1.165, 1.54) is 36.6 Å². The molecule has 25 heavy (non-hydrogen) atoms. The van der Waals surface area contributed by atoms with Crippen molar-refractivity contribution >= 4 is 28.8 Å². The van der Waals surface area contributed by atoms with Gasteiger partial charge in [-0.1, -0.05) is 31.7 Å². The number of nitrogens with one attached hydrogen (secondary N) is 2. The van der Waals surface area contributed by atoms with Gasteiger partial charge < -0.3 is 9.88 Å². The molecule has 1 aromatic carbocycles. The number of carbonyl (C=O) groups excluding carboxylic acids is 1. The normalized spacial score (nSPS) is 22.4. The van der Waals surface area contributed by atoms with Crippen LogP contribution in [0.4, 0.5) is 0 Å². The number of aliphatic imine (C=N–C) groups is 1. The number of nitrogens with zero attached hydrogens (tertiary/aromatic N) is 2. The largest absolute Gasteiger partial charge is 0.351 e. The van der Waals surface area contributed by atoms with Gasteiger partial charge in [-0.05, 0) is 42.7 Å². The van der Waals surface area contributed by atoms with Gasteiger partial charge in [-0.15, -0.1) is 0 Å². The van der Waals surface area contributed by atoms with E-state index in [0.29, 0.717) is 17.7 Å². The standard InChI is InChI=1S/C20H24N4O/c1-24-11-10-15-12-14(8-9-18(15)24)13-17-19(25)23-20(22-17)21-16-6-4-2-3-5-7-16/h8-13,16H,2-7H2,1H3,(H2,21,22,23,25)/b17-13-. The first-order valence-corrected chi connectivity index (χ1v) is 9.12. The smallest absolute Gasteiger partial charge is 0.274 e. The number of hydrogen-bond donors (Lipinski definition) is 2. The van der Waals surface area contributed by atoms with Crippen molar-refractivity contribution in [3.8, 4) is 0 Å². The molecular weight excluding hydrogens is 312 g/mol. The van der Waals surface area contributed by atoms with Crippen LogP contribution in [0.25, 0.3) is 17.0 Å². The van der Waals surface area contributed by atoms with Gasteiger partial charge in [-0.3, -0.25) is 10.1 Å². The predicted molar refractivity (Wildman–Crippen MR) is 101 cm³/mol. The van der Waals surface area contributed by atoms with Gasteiger partial charge in [0.15, 0.2) is 0 Å². The number of aryl methyl sites for hydroxylation is 1. The Balaban J connectivity index is 1.53. The lowest BCUT2D eigenvalue weighted by Crippen LogP contribution is -2.27. The van der Waals surface area contributed by atoms with E-state index in [1.807, 2.05) is 25.4 Å². The van der Waals surface area contributed by atoms with E-state index in [-0.39, 0.29) is 5.91 Å². The van der Waals surface area contributed by atoms with Crippen LogP contribution in [0.2, 0.25) is 0 Å². The zero-order chi connectivity index (χ0) is 17.2. The Morgan fingerprint density at radius 1 is 1.12 bits per heavy atom. The van der Waals surface area contributed by atoms with Gasteiger partial charge in [-0.25, -0.2) is 4.99 Å². The van der Waals surface area contributed by atoms with E-state index in [9.17, 15) is 4.79 Å². The Labute approximate surface area is 147 Å². The number of guanidine groups is 1. The van der Waals surface area contributed by atoms with Crippen LogP contribution in [0.5, 0.6) is 0 Å². The van der Waals surface area contributed by atoms with Gasteiger partial charge in [0.1, 0.15) is 5.70 Å². The summed E-state index contributed by atoms with van der Waals surface area (Å²) < 4.78 is 2.09. The lowest BCUT2D eigenvalue weighted by atomic mass is 10.1. The Hall–Kier alpha value is -2.56. The molecule has 5 heteroatoms. The van der Waals surface area contributed by atoms with Crippen molar-refractivity contribution in [2.75, 3.05) is 0 Å². The minimum absolute atomic E-state index is 0.111. The number of hydrogen-bond acceptors (Lipinski definition) is 2. The van der Waals surface area contributed by atoms with Gasteiger partial charge >= 0.3 is 0 Å². The third-order valence-electron chi connectivity index (χ3n) is 5.09. The minimum atomic E-state index is -0.111. The molecular formula is C20H24N4O. The summed E-state index contributed by atoms with van der Waals surface area (Å²) in [6.45, 7) is 0. The molecule has 1 aliphatic heterocycles. The molecule has 2 aromatic rings. The Bertz CT molecular complexity index is 854. The number of benzene rings is 1. The topological polar surface area (TPSA) is 58.4 Å². The SMILES string of the molecule is Cn1ccc2cc(/C=C3\NC(=NC4CCCCCC4)NC3=O)ccc21. The number of rotatable bonds is 2. The van der Waals surface area contributed by atoms with E-state index >= 15 is 0 Å². The van der Waals surface area contributed by atoms with Crippen LogP contribution < -0.4 is 10.6 Å². The highest BCUT2D eigenvalue weighted by Gasteiger charge is 2.23. The lowest BCUT2D eigenvalue weighted by molar-refractivity contribution is -0.115. The molecule has 0 spiro atoms. The number of fused-ring (bicyclic) bond motifs is 1. The van der Waals surface area contributed by atoms with Gasteiger partial charge in [0, 0.05) is 24.1 Å². The van der Waals surface area contributed by atoms with Crippen LogP contribution in [-0.4, -0.2) is 22.5 Å². The first-order valence-electron chi connectivity index (χ1n) is 9.12. The highest BCUT2D eigenvalue weighted by molar-refractivity contribution is 6.15. The summed E-state index contributed by atoms with van der Waals surface area (Å²) in [4.78, 5) is 17.0. The summed E-state index contributed by atoms with van der Waals surface area (Å²) in [5, 5.41) is 7.19. The average Bonchev–Trinajstić information content (AvgIpc) is 3.01. The first kappa shape index (κ1) is 15.9. The van der Waals surface area contributed by atoms with Crippen LogP contribution in [0.1, 0.15) is 44.1 Å². The quantitative estimate of drug-likeness (QED) is 0.653. The fourth-order valence-corrected chi connectivity index (χ4v) is 3.68. The monoisotopic (exact) mass is 336 g/mol. The van der Waals surface area contributed by atoms with Crippen molar-refractivity contribution in [2.24, 2.45) is 12.0 Å². The molecule has 1 amide bonds. The molecule has 0 radical (unpaired) electrons. The zero-order valence-corrected chi connectivity index (χ0v) is 14.6. The molecule has 0 atom stereocenters. The van der Waals surface area contributed by atoms with Crippen molar-refractivity contribution in [2.45, 2.75) is 44.6 Å². The number of carbonyl (C=O) groups is 1. The summed E-state index contributed by atoms with van der Waals surface area (Å²) in [7, 11) is 2.03. The molecule has 0 unspecified atom stereocenters. The van der Waals surface area contributed by atoms with Crippen LogP contribution in [0.15, 0.2) is 41.2 Å². The minimum Gasteiger partial charge on any atom is -0.351 e. The Morgan fingerprint density at radius 3 is 2.72 bits per heavy atom. The third kappa shape index (κ3) is 3.45. The van der Waals surface area contributed by atoms with E-state index in [2.05, 4.69) is 33.4 Å². The maximum Gasteiger partial charge on any atom is 0.274 e. The second-order valence-corrected chi connectivity index (χ2v) is 7.01. The summed E-state index contributed by atoms with van der Waals surface area (Å²) >= 11 is 0. The van der Waals surface area contributed by atoms with E-state index in [1.54, 1.807) is 0 Å². The fourth-order valence-electron chi connectivity index (χ4n) is 3.68. The van der Waals surface area contributed by atoms with Crippen molar-refractivity contribution in [3.63, 3.8) is 0 Å². The molecule has 130 valence electrons. The van der Waals surface area contributed by atoms with Crippen LogP contribution in [-0.2, 0) is 11.8 Å². The first-order chi connectivity index (χ1) is 12.2. The highest BCUT2D eigenvalue weighted by Crippen LogP contribution is 2.21. The third-order valence-corrected chi connectivity index (χ3v) is 5.09. The number of amides is 1. The zero-order valence-electron chi connectivity index (χ0n) is 14.6. The second kappa shape index (κ2) is 6.75. The van der Waals surface area contributed by atoms with Crippen molar-refractivity contribution in [1.82, 2.24) is 15.2 Å². The van der Waals surface area contributed by atoms with Gasteiger partial charge in [0.2, 0.25) is 5.96 Å². The average molecular weight is 336 g/mol. The Morgan fingerprint density at radius 2 is 1.92 bits per heavy atom. The van der Waals surface area contributed by atoms with Crippen molar-refractivity contribution in [3.05, 3.63) is 41.7 Å². The van der Waals surface area contributed by atoms with Gasteiger partial charge in [0.25, 0.3) is 5.91 Å². The summed E-state index contributed by atoms with van der Waals surface area (Å²) in [5.41, 5.74) is 2.75. The molecule has 2 aliphatic rings. The van der Waals surface area contributed by atoms with Crippen molar-refractivity contribution < 1.29 is 4.79 Å². The molecule has 0 bridgehead atoms. The molecule has 1 aliphatic carbocycles. The summed E-state index contributed by atoms with van der Waals surface area (Å²) in [6.07, 6.45) is 11.2. The molecule has 1 saturated carbocycles. The second-order valence-electron chi connectivity index (χ2n) is 7.01. The molecule has 1 saturated heterocycles. The maximum absolute atomic E-state index is 12.2. The van der Waals surface area contributed by atoms with E-state index < -0.39 is 0 Å². The summed E-state index contributed by atoms with van der Waals surface area (Å²) in [6, 6.07) is 8.61. The van der Waals surface area contributed by atoms with E-state index in [4.69, 9.17) is 4.99 Å². The van der Waals surface area contributed by atoms with Gasteiger partial charge in [-0.2, -0.15) is 0 Å². The molecule has 4 rings (SSSR count). The van der Waals surface area contributed by atoms with E-state index in [0.717, 1.165) is 18.4 Å². The fraction of sp³-hybridized carbons (Fsp3) is 0.400. The lowest BCUT2D eigenvalue weighted by Gasteiger charge is -2.09. The molecule has 2 N–H and O–H groups in total. The van der Waals surface area contributed by atoms with Crippen LogP contribution >= 0.6 is 0 Å². The molecule has 5 nitrogen and oxygen atoms in total. The van der Waals surface area contributed by atoms with Crippen molar-refractivity contribution in [1.29, 1.82) is 0 Å². The van der Waals surface area contributed by atoms with Gasteiger partial charge in [0.05, 0.1) is 6.04 Å². The Kier molecular flexibility index (Phi) is 4.30. The van der Waals surface area contributed by atoms with Crippen LogP contribution in [0.3, 0.4) is 0 Å². The molecule has 2 heterocycles.